The van der Waals surface area contributed by atoms with E-state index in [1.807, 2.05) is 17.2 Å². The summed E-state index contributed by atoms with van der Waals surface area (Å²) >= 11 is 0. The number of carbonyl (C=O) groups excluding carboxylic acids is 1. The van der Waals surface area contributed by atoms with Crippen molar-refractivity contribution in [3.63, 3.8) is 0 Å². The average molecular weight is 352 g/mol. The zero-order valence-corrected chi connectivity index (χ0v) is 15.4. The number of imidazole rings is 1. The summed E-state index contributed by atoms with van der Waals surface area (Å²) in [5, 5.41) is 0. The third-order valence-electron chi connectivity index (χ3n) is 5.73. The topological polar surface area (TPSA) is 41.4 Å². The second-order valence-electron chi connectivity index (χ2n) is 7.58. The van der Waals surface area contributed by atoms with Gasteiger partial charge in [0, 0.05) is 37.6 Å². The van der Waals surface area contributed by atoms with Gasteiger partial charge in [-0.3, -0.25) is 9.69 Å². The average Bonchev–Trinajstić information content (AvgIpc) is 3.36. The third-order valence-corrected chi connectivity index (χ3v) is 5.73. The van der Waals surface area contributed by atoms with Crippen LogP contribution in [0.25, 0.3) is 11.4 Å². The number of carbonyl (C=O) groups is 1. The number of nitrogens with zero attached hydrogens (tertiary/aromatic N) is 4. The molecule has 2 aliphatic heterocycles. The fourth-order valence-corrected chi connectivity index (χ4v) is 4.17. The summed E-state index contributed by atoms with van der Waals surface area (Å²) < 4.78 is 2.28. The normalized spacial score (nSPS) is 19.2. The van der Waals surface area contributed by atoms with E-state index in [9.17, 15) is 4.79 Å². The number of hydrogen-bond donors (Lipinski definition) is 0. The maximum atomic E-state index is 12.3. The molecule has 0 radical (unpaired) electrons. The standard InChI is InChI=1S/C21H28N4O/c26-20(24-11-4-5-12-24)17-23-13-8-18(9-14-23)16-25-15-10-22-21(25)19-6-2-1-3-7-19/h1-3,6-7,10,15,18H,4-5,8-9,11-14,16-17H2. The largest absolute Gasteiger partial charge is 0.342 e. The molecule has 1 amide bonds. The molecule has 0 spiro atoms. The van der Waals surface area contributed by atoms with Crippen molar-refractivity contribution in [2.75, 3.05) is 32.7 Å². The number of piperidine rings is 1. The molecular weight excluding hydrogens is 324 g/mol. The number of rotatable bonds is 5. The predicted molar refractivity (Wildman–Crippen MR) is 103 cm³/mol. The Hall–Kier alpha value is -2.14. The first-order valence-corrected chi connectivity index (χ1v) is 9.86. The van der Waals surface area contributed by atoms with Gasteiger partial charge in [0.15, 0.2) is 0 Å². The molecule has 5 nitrogen and oxygen atoms in total. The highest BCUT2D eigenvalue weighted by Gasteiger charge is 2.24. The summed E-state index contributed by atoms with van der Waals surface area (Å²) in [7, 11) is 0. The molecule has 2 aliphatic rings. The zero-order chi connectivity index (χ0) is 17.8. The van der Waals surface area contributed by atoms with Crippen molar-refractivity contribution in [3.05, 3.63) is 42.7 Å². The molecule has 26 heavy (non-hydrogen) atoms. The van der Waals surface area contributed by atoms with Crippen LogP contribution in [0.5, 0.6) is 0 Å². The lowest BCUT2D eigenvalue weighted by Gasteiger charge is -2.32. The Morgan fingerprint density at radius 3 is 2.50 bits per heavy atom. The Bertz CT molecular complexity index is 713. The molecule has 2 fully saturated rings. The number of hydrogen-bond acceptors (Lipinski definition) is 3. The van der Waals surface area contributed by atoms with E-state index in [2.05, 4.69) is 44.9 Å². The molecule has 0 atom stereocenters. The molecule has 4 rings (SSSR count). The second-order valence-corrected chi connectivity index (χ2v) is 7.58. The second kappa shape index (κ2) is 8.04. The van der Waals surface area contributed by atoms with Gasteiger partial charge in [-0.2, -0.15) is 0 Å². The van der Waals surface area contributed by atoms with Crippen LogP contribution in [-0.2, 0) is 11.3 Å². The molecule has 0 aliphatic carbocycles. The van der Waals surface area contributed by atoms with Crippen LogP contribution in [0.3, 0.4) is 0 Å². The van der Waals surface area contributed by atoms with Gasteiger partial charge in [-0.05, 0) is 44.7 Å². The molecule has 138 valence electrons. The molecule has 5 heteroatoms. The van der Waals surface area contributed by atoms with E-state index in [0.717, 1.165) is 51.4 Å². The van der Waals surface area contributed by atoms with Gasteiger partial charge in [-0.1, -0.05) is 30.3 Å². The third kappa shape index (κ3) is 3.98. The van der Waals surface area contributed by atoms with Crippen molar-refractivity contribution in [2.24, 2.45) is 5.92 Å². The Balaban J connectivity index is 1.29. The van der Waals surface area contributed by atoms with Crippen molar-refractivity contribution >= 4 is 5.91 Å². The first kappa shape index (κ1) is 17.3. The molecule has 2 aromatic rings. The van der Waals surface area contributed by atoms with Gasteiger partial charge in [0.25, 0.3) is 0 Å². The number of benzene rings is 1. The molecule has 3 heterocycles. The lowest BCUT2D eigenvalue weighted by Crippen LogP contribution is -2.43. The van der Waals surface area contributed by atoms with Crippen LogP contribution >= 0.6 is 0 Å². The summed E-state index contributed by atoms with van der Waals surface area (Å²) in [6, 6.07) is 10.4. The Morgan fingerprint density at radius 1 is 1.04 bits per heavy atom. The fraction of sp³-hybridized carbons (Fsp3) is 0.524. The molecule has 0 saturated carbocycles. The lowest BCUT2D eigenvalue weighted by molar-refractivity contribution is -0.131. The molecular formula is C21H28N4O. The van der Waals surface area contributed by atoms with Gasteiger partial charge < -0.3 is 9.47 Å². The van der Waals surface area contributed by atoms with Crippen LogP contribution in [0.2, 0.25) is 0 Å². The molecule has 1 aromatic carbocycles. The van der Waals surface area contributed by atoms with E-state index in [-0.39, 0.29) is 0 Å². The van der Waals surface area contributed by atoms with Crippen LogP contribution in [0.4, 0.5) is 0 Å². The van der Waals surface area contributed by atoms with Crippen molar-refractivity contribution in [1.82, 2.24) is 19.4 Å². The number of likely N-dealkylation sites (tertiary alicyclic amines) is 2. The minimum absolute atomic E-state index is 0.321. The summed E-state index contributed by atoms with van der Waals surface area (Å²) in [4.78, 5) is 21.2. The van der Waals surface area contributed by atoms with Crippen molar-refractivity contribution in [2.45, 2.75) is 32.2 Å². The molecule has 2 saturated heterocycles. The highest BCUT2D eigenvalue weighted by atomic mass is 16.2. The van der Waals surface area contributed by atoms with Crippen LogP contribution in [0.15, 0.2) is 42.7 Å². The first-order valence-electron chi connectivity index (χ1n) is 9.86. The highest BCUT2D eigenvalue weighted by Crippen LogP contribution is 2.23. The minimum Gasteiger partial charge on any atom is -0.342 e. The fourth-order valence-electron chi connectivity index (χ4n) is 4.17. The Kier molecular flexibility index (Phi) is 5.34. The van der Waals surface area contributed by atoms with Gasteiger partial charge in [-0.25, -0.2) is 4.98 Å². The first-order chi connectivity index (χ1) is 12.8. The maximum absolute atomic E-state index is 12.3. The predicted octanol–water partition coefficient (Wildman–Crippen LogP) is 2.88. The number of amides is 1. The molecule has 0 unspecified atom stereocenters. The summed E-state index contributed by atoms with van der Waals surface area (Å²) in [6.07, 6.45) is 8.63. The summed E-state index contributed by atoms with van der Waals surface area (Å²) in [6.45, 7) is 5.58. The van der Waals surface area contributed by atoms with Crippen molar-refractivity contribution < 1.29 is 4.79 Å². The summed E-state index contributed by atoms with van der Waals surface area (Å²) in [5.74, 6) is 2.03. The van der Waals surface area contributed by atoms with Crippen LogP contribution in [0.1, 0.15) is 25.7 Å². The van der Waals surface area contributed by atoms with Gasteiger partial charge >= 0.3 is 0 Å². The smallest absolute Gasteiger partial charge is 0.236 e. The Labute approximate surface area is 155 Å². The quantitative estimate of drug-likeness (QED) is 0.831. The van der Waals surface area contributed by atoms with Crippen LogP contribution < -0.4 is 0 Å². The van der Waals surface area contributed by atoms with Gasteiger partial charge in [0.1, 0.15) is 5.82 Å². The van der Waals surface area contributed by atoms with E-state index in [4.69, 9.17) is 0 Å². The van der Waals surface area contributed by atoms with Crippen LogP contribution in [0, 0.1) is 5.92 Å². The summed E-state index contributed by atoms with van der Waals surface area (Å²) in [5.41, 5.74) is 1.17. The monoisotopic (exact) mass is 352 g/mol. The van der Waals surface area contributed by atoms with Gasteiger partial charge in [-0.15, -0.1) is 0 Å². The van der Waals surface area contributed by atoms with E-state index < -0.39 is 0 Å². The van der Waals surface area contributed by atoms with Gasteiger partial charge in [0.2, 0.25) is 5.91 Å². The van der Waals surface area contributed by atoms with E-state index in [1.165, 1.54) is 18.4 Å². The Morgan fingerprint density at radius 2 is 1.77 bits per heavy atom. The van der Waals surface area contributed by atoms with Gasteiger partial charge in [0.05, 0.1) is 6.54 Å². The molecule has 1 aromatic heterocycles. The van der Waals surface area contributed by atoms with E-state index in [0.29, 0.717) is 18.4 Å². The van der Waals surface area contributed by atoms with Crippen molar-refractivity contribution in [1.29, 1.82) is 0 Å². The van der Waals surface area contributed by atoms with E-state index >= 15 is 0 Å². The highest BCUT2D eigenvalue weighted by molar-refractivity contribution is 5.78. The maximum Gasteiger partial charge on any atom is 0.236 e. The van der Waals surface area contributed by atoms with Crippen LogP contribution in [-0.4, -0.2) is 58.0 Å². The van der Waals surface area contributed by atoms with E-state index in [1.54, 1.807) is 0 Å². The molecule has 0 N–H and O–H groups in total. The van der Waals surface area contributed by atoms with Crippen molar-refractivity contribution in [3.8, 4) is 11.4 Å². The SMILES string of the molecule is O=C(CN1CCC(Cn2ccnc2-c2ccccc2)CC1)N1CCCC1. The zero-order valence-electron chi connectivity index (χ0n) is 15.4. The number of aromatic nitrogens is 2. The lowest BCUT2D eigenvalue weighted by atomic mass is 9.96. The molecule has 0 bridgehead atoms. The minimum atomic E-state index is 0.321.